The van der Waals surface area contributed by atoms with Gasteiger partial charge in [-0.2, -0.15) is 0 Å². The molecule has 0 atom stereocenters. The van der Waals surface area contributed by atoms with Gasteiger partial charge >= 0.3 is 0 Å². The highest BCUT2D eigenvalue weighted by Gasteiger charge is 2.13. The Bertz CT molecular complexity index is 746. The highest BCUT2D eigenvalue weighted by Crippen LogP contribution is 2.33. The largest absolute Gasteiger partial charge is 0.494 e. The fourth-order valence-electron chi connectivity index (χ4n) is 1.64. The summed E-state index contributed by atoms with van der Waals surface area (Å²) < 4.78 is 34.1. The van der Waals surface area contributed by atoms with Crippen molar-refractivity contribution in [3.63, 3.8) is 0 Å². The van der Waals surface area contributed by atoms with Gasteiger partial charge in [0.1, 0.15) is 17.2 Å². The SMILES string of the molecule is CCOc1cccc(Oc2ccc(S(=O)(=O)Cl)cc2Br)c1. The van der Waals surface area contributed by atoms with Crippen molar-refractivity contribution in [1.82, 2.24) is 0 Å². The molecule has 0 fully saturated rings. The number of benzene rings is 2. The van der Waals surface area contributed by atoms with Crippen LogP contribution in [0.15, 0.2) is 51.8 Å². The van der Waals surface area contributed by atoms with E-state index in [1.54, 1.807) is 12.1 Å². The second kappa shape index (κ2) is 6.68. The van der Waals surface area contributed by atoms with E-state index in [2.05, 4.69) is 15.9 Å². The highest BCUT2D eigenvalue weighted by molar-refractivity contribution is 9.10. The molecule has 2 rings (SSSR count). The number of rotatable bonds is 5. The first-order valence-corrected chi connectivity index (χ1v) is 9.15. The number of hydrogen-bond donors (Lipinski definition) is 0. The van der Waals surface area contributed by atoms with E-state index in [1.807, 2.05) is 19.1 Å². The van der Waals surface area contributed by atoms with Crippen molar-refractivity contribution in [2.24, 2.45) is 0 Å². The third-order valence-corrected chi connectivity index (χ3v) is 4.50. The molecule has 2 aromatic rings. The molecule has 0 N–H and O–H groups in total. The van der Waals surface area contributed by atoms with E-state index >= 15 is 0 Å². The third-order valence-electron chi connectivity index (χ3n) is 2.53. The van der Waals surface area contributed by atoms with Gasteiger partial charge in [0.25, 0.3) is 9.05 Å². The van der Waals surface area contributed by atoms with Crippen LogP contribution in [0.4, 0.5) is 0 Å². The van der Waals surface area contributed by atoms with Crippen LogP contribution < -0.4 is 9.47 Å². The molecule has 0 bridgehead atoms. The molecular formula is C14H12BrClO4S. The molecule has 0 amide bonds. The summed E-state index contributed by atoms with van der Waals surface area (Å²) in [4.78, 5) is 0.00598. The van der Waals surface area contributed by atoms with Gasteiger partial charge in [-0.25, -0.2) is 8.42 Å². The lowest BCUT2D eigenvalue weighted by Crippen LogP contribution is -1.93. The summed E-state index contributed by atoms with van der Waals surface area (Å²) in [5.74, 6) is 1.77. The van der Waals surface area contributed by atoms with Crippen LogP contribution in [0.25, 0.3) is 0 Å². The molecule has 0 aliphatic heterocycles. The van der Waals surface area contributed by atoms with Crippen LogP contribution in [0, 0.1) is 0 Å². The Kier molecular flexibility index (Phi) is 5.13. The Morgan fingerprint density at radius 2 is 1.86 bits per heavy atom. The normalized spacial score (nSPS) is 11.2. The zero-order valence-corrected chi connectivity index (χ0v) is 14.2. The average Bonchev–Trinajstić information content (AvgIpc) is 2.41. The second-order valence-electron chi connectivity index (χ2n) is 4.04. The molecule has 0 aromatic heterocycles. The van der Waals surface area contributed by atoms with Crippen LogP contribution in [0.3, 0.4) is 0 Å². The van der Waals surface area contributed by atoms with Gasteiger partial charge in [0.2, 0.25) is 0 Å². The van der Waals surface area contributed by atoms with Crippen LogP contribution in [0.2, 0.25) is 0 Å². The summed E-state index contributed by atoms with van der Waals surface area (Å²) in [5.41, 5.74) is 0. The molecule has 0 heterocycles. The molecule has 4 nitrogen and oxygen atoms in total. The van der Waals surface area contributed by atoms with Gasteiger partial charge < -0.3 is 9.47 Å². The van der Waals surface area contributed by atoms with E-state index in [4.69, 9.17) is 20.2 Å². The fraction of sp³-hybridized carbons (Fsp3) is 0.143. The molecule has 21 heavy (non-hydrogen) atoms. The number of halogens is 2. The average molecular weight is 392 g/mol. The predicted octanol–water partition coefficient (Wildman–Crippen LogP) is 4.57. The second-order valence-corrected chi connectivity index (χ2v) is 7.46. The first-order chi connectivity index (χ1) is 9.90. The lowest BCUT2D eigenvalue weighted by atomic mass is 10.3. The quantitative estimate of drug-likeness (QED) is 0.701. The minimum absolute atomic E-state index is 0.00598. The fourth-order valence-corrected chi connectivity index (χ4v) is 3.03. The molecule has 2 aromatic carbocycles. The smallest absolute Gasteiger partial charge is 0.261 e. The van der Waals surface area contributed by atoms with Crippen LogP contribution in [-0.4, -0.2) is 15.0 Å². The van der Waals surface area contributed by atoms with Gasteiger partial charge in [0.15, 0.2) is 0 Å². The maximum atomic E-state index is 11.3. The van der Waals surface area contributed by atoms with Gasteiger partial charge in [-0.1, -0.05) is 6.07 Å². The van der Waals surface area contributed by atoms with Crippen molar-refractivity contribution in [3.8, 4) is 17.2 Å². The number of ether oxygens (including phenoxy) is 2. The van der Waals surface area contributed by atoms with Crippen molar-refractivity contribution in [3.05, 3.63) is 46.9 Å². The molecular weight excluding hydrogens is 380 g/mol. The zero-order valence-electron chi connectivity index (χ0n) is 11.0. The molecule has 0 unspecified atom stereocenters. The Morgan fingerprint density at radius 3 is 2.48 bits per heavy atom. The lowest BCUT2D eigenvalue weighted by molar-refractivity contribution is 0.338. The molecule has 0 aliphatic carbocycles. The van der Waals surface area contributed by atoms with Crippen molar-refractivity contribution in [1.29, 1.82) is 0 Å². The molecule has 0 spiro atoms. The van der Waals surface area contributed by atoms with E-state index in [1.165, 1.54) is 18.2 Å². The Balaban J connectivity index is 2.26. The molecule has 0 saturated heterocycles. The summed E-state index contributed by atoms with van der Waals surface area (Å²) in [6.45, 7) is 2.46. The Hall–Kier alpha value is -1.24. The third kappa shape index (κ3) is 4.36. The lowest BCUT2D eigenvalue weighted by Gasteiger charge is -2.10. The van der Waals surface area contributed by atoms with Gasteiger partial charge in [-0.3, -0.25) is 0 Å². The summed E-state index contributed by atoms with van der Waals surface area (Å²) in [6.07, 6.45) is 0. The van der Waals surface area contributed by atoms with Crippen molar-refractivity contribution in [2.45, 2.75) is 11.8 Å². The van der Waals surface area contributed by atoms with Crippen LogP contribution in [-0.2, 0) is 9.05 Å². The van der Waals surface area contributed by atoms with Gasteiger partial charge in [0.05, 0.1) is 16.0 Å². The van der Waals surface area contributed by atoms with Crippen molar-refractivity contribution < 1.29 is 17.9 Å². The summed E-state index contributed by atoms with van der Waals surface area (Å²) in [5, 5.41) is 0. The van der Waals surface area contributed by atoms with Crippen LogP contribution in [0.5, 0.6) is 17.2 Å². The van der Waals surface area contributed by atoms with Crippen molar-refractivity contribution >= 4 is 35.7 Å². The highest BCUT2D eigenvalue weighted by atomic mass is 79.9. The minimum Gasteiger partial charge on any atom is -0.494 e. The molecule has 0 saturated carbocycles. The maximum Gasteiger partial charge on any atom is 0.261 e. The zero-order chi connectivity index (χ0) is 15.5. The molecule has 7 heteroatoms. The topological polar surface area (TPSA) is 52.6 Å². The molecule has 0 radical (unpaired) electrons. The van der Waals surface area contributed by atoms with E-state index in [0.717, 1.165) is 0 Å². The number of hydrogen-bond acceptors (Lipinski definition) is 4. The Labute approximate surface area is 136 Å². The van der Waals surface area contributed by atoms with Crippen LogP contribution in [0.1, 0.15) is 6.92 Å². The van der Waals surface area contributed by atoms with Gasteiger partial charge in [0, 0.05) is 16.7 Å². The van der Waals surface area contributed by atoms with E-state index in [0.29, 0.717) is 28.3 Å². The maximum absolute atomic E-state index is 11.3. The molecule has 0 aliphatic rings. The van der Waals surface area contributed by atoms with Gasteiger partial charge in [-0.05, 0) is 53.2 Å². The van der Waals surface area contributed by atoms with E-state index in [-0.39, 0.29) is 4.90 Å². The van der Waals surface area contributed by atoms with E-state index in [9.17, 15) is 8.42 Å². The predicted molar refractivity (Wildman–Crippen MR) is 84.9 cm³/mol. The van der Waals surface area contributed by atoms with Gasteiger partial charge in [-0.15, -0.1) is 0 Å². The summed E-state index contributed by atoms with van der Waals surface area (Å²) >= 11 is 3.27. The monoisotopic (exact) mass is 390 g/mol. The Morgan fingerprint density at radius 1 is 1.14 bits per heavy atom. The summed E-state index contributed by atoms with van der Waals surface area (Å²) in [6, 6.07) is 11.5. The standard InChI is InChI=1S/C14H12BrClO4S/c1-2-19-10-4-3-5-11(8-10)20-14-7-6-12(9-13(14)15)21(16,17)18/h3-9H,2H2,1H3. The first kappa shape index (κ1) is 16.1. The minimum atomic E-state index is -3.76. The van der Waals surface area contributed by atoms with E-state index < -0.39 is 9.05 Å². The molecule has 112 valence electrons. The van der Waals surface area contributed by atoms with Crippen molar-refractivity contribution in [2.75, 3.05) is 6.61 Å². The first-order valence-electron chi connectivity index (χ1n) is 6.05. The van der Waals surface area contributed by atoms with Crippen LogP contribution >= 0.6 is 26.6 Å². The summed E-state index contributed by atoms with van der Waals surface area (Å²) in [7, 11) is 1.53.